The van der Waals surface area contributed by atoms with Crippen LogP contribution in [0.2, 0.25) is 0 Å². The Labute approximate surface area is 124 Å². The smallest absolute Gasteiger partial charge is 0.222 e. The molecule has 0 aliphatic rings. The molecule has 0 atom stereocenters. The summed E-state index contributed by atoms with van der Waals surface area (Å²) in [6.45, 7) is 6.06. The summed E-state index contributed by atoms with van der Waals surface area (Å²) in [5.41, 5.74) is 1.25. The molecule has 0 heterocycles. The Balaban J connectivity index is 2.24. The zero-order chi connectivity index (χ0) is 14.6. The third-order valence-electron chi connectivity index (χ3n) is 3.74. The topological polar surface area (TPSA) is 20.3 Å². The van der Waals surface area contributed by atoms with E-state index in [2.05, 4.69) is 26.0 Å². The van der Waals surface area contributed by atoms with Crippen molar-refractivity contribution in [1.82, 2.24) is 4.90 Å². The predicted molar refractivity (Wildman–Crippen MR) is 85.8 cm³/mol. The molecule has 112 valence electrons. The number of hydrogen-bond donors (Lipinski definition) is 0. The molecular formula is C18H29NO. The predicted octanol–water partition coefficient (Wildman–Crippen LogP) is 4.44. The maximum absolute atomic E-state index is 12.2. The van der Waals surface area contributed by atoms with Gasteiger partial charge in [-0.1, -0.05) is 62.9 Å². The van der Waals surface area contributed by atoms with Gasteiger partial charge in [0.1, 0.15) is 0 Å². The lowest BCUT2D eigenvalue weighted by molar-refractivity contribution is -0.131. The quantitative estimate of drug-likeness (QED) is 0.578. The number of aryl methyl sites for hydroxylation is 1. The Morgan fingerprint density at radius 1 is 1.00 bits per heavy atom. The SMILES string of the molecule is CCCCCCCN(CC)C(=O)CCc1ccccc1. The number of amides is 1. The van der Waals surface area contributed by atoms with E-state index in [9.17, 15) is 4.79 Å². The maximum atomic E-state index is 12.2. The third-order valence-corrected chi connectivity index (χ3v) is 3.74. The molecule has 2 nitrogen and oxygen atoms in total. The summed E-state index contributed by atoms with van der Waals surface area (Å²) in [6.07, 6.45) is 7.76. The number of carbonyl (C=O) groups is 1. The van der Waals surface area contributed by atoms with Gasteiger partial charge in [0.25, 0.3) is 0 Å². The minimum absolute atomic E-state index is 0.298. The van der Waals surface area contributed by atoms with Crippen LogP contribution in [-0.4, -0.2) is 23.9 Å². The number of unbranched alkanes of at least 4 members (excludes halogenated alkanes) is 4. The second-order valence-corrected chi connectivity index (χ2v) is 5.37. The first-order valence-electron chi connectivity index (χ1n) is 8.09. The number of rotatable bonds is 10. The van der Waals surface area contributed by atoms with Crippen molar-refractivity contribution in [2.24, 2.45) is 0 Å². The van der Waals surface area contributed by atoms with E-state index in [1.165, 1.54) is 31.2 Å². The molecule has 0 N–H and O–H groups in total. The largest absolute Gasteiger partial charge is 0.343 e. The van der Waals surface area contributed by atoms with Gasteiger partial charge in [0.05, 0.1) is 0 Å². The Kier molecular flexibility index (Phi) is 8.77. The molecule has 1 rings (SSSR count). The molecule has 0 aliphatic carbocycles. The Hall–Kier alpha value is -1.31. The number of carbonyl (C=O) groups excluding carboxylic acids is 1. The highest BCUT2D eigenvalue weighted by molar-refractivity contribution is 5.76. The highest BCUT2D eigenvalue weighted by atomic mass is 16.2. The summed E-state index contributed by atoms with van der Waals surface area (Å²) in [6, 6.07) is 10.3. The first-order valence-corrected chi connectivity index (χ1v) is 8.09. The van der Waals surface area contributed by atoms with Crippen LogP contribution in [0.5, 0.6) is 0 Å². The van der Waals surface area contributed by atoms with E-state index in [0.29, 0.717) is 12.3 Å². The van der Waals surface area contributed by atoms with Gasteiger partial charge in [-0.3, -0.25) is 4.79 Å². The van der Waals surface area contributed by atoms with Crippen LogP contribution in [0.25, 0.3) is 0 Å². The fraction of sp³-hybridized carbons (Fsp3) is 0.611. The molecule has 0 saturated carbocycles. The number of benzene rings is 1. The third kappa shape index (κ3) is 6.74. The highest BCUT2D eigenvalue weighted by Crippen LogP contribution is 2.07. The minimum atomic E-state index is 0.298. The molecule has 0 saturated heterocycles. The monoisotopic (exact) mass is 275 g/mol. The van der Waals surface area contributed by atoms with Crippen LogP contribution in [-0.2, 0) is 11.2 Å². The van der Waals surface area contributed by atoms with E-state index in [0.717, 1.165) is 25.9 Å². The average molecular weight is 275 g/mol. The Morgan fingerprint density at radius 2 is 1.70 bits per heavy atom. The second-order valence-electron chi connectivity index (χ2n) is 5.37. The molecule has 0 aliphatic heterocycles. The van der Waals surface area contributed by atoms with Crippen LogP contribution >= 0.6 is 0 Å². The highest BCUT2D eigenvalue weighted by Gasteiger charge is 2.10. The van der Waals surface area contributed by atoms with Crippen molar-refractivity contribution in [3.63, 3.8) is 0 Å². The van der Waals surface area contributed by atoms with Gasteiger partial charge >= 0.3 is 0 Å². The van der Waals surface area contributed by atoms with E-state index >= 15 is 0 Å². The average Bonchev–Trinajstić information content (AvgIpc) is 2.49. The van der Waals surface area contributed by atoms with Crippen molar-refractivity contribution in [2.75, 3.05) is 13.1 Å². The van der Waals surface area contributed by atoms with Crippen LogP contribution in [0.1, 0.15) is 57.9 Å². The van der Waals surface area contributed by atoms with E-state index in [1.54, 1.807) is 0 Å². The van der Waals surface area contributed by atoms with Crippen molar-refractivity contribution in [3.8, 4) is 0 Å². The van der Waals surface area contributed by atoms with Gasteiger partial charge < -0.3 is 4.90 Å². The van der Waals surface area contributed by atoms with Crippen LogP contribution < -0.4 is 0 Å². The number of nitrogens with zero attached hydrogens (tertiary/aromatic N) is 1. The van der Waals surface area contributed by atoms with Crippen LogP contribution in [0.4, 0.5) is 0 Å². The normalized spacial score (nSPS) is 10.5. The molecule has 0 unspecified atom stereocenters. The molecule has 1 aromatic rings. The Morgan fingerprint density at radius 3 is 2.35 bits per heavy atom. The summed E-state index contributed by atoms with van der Waals surface area (Å²) >= 11 is 0. The molecule has 0 bridgehead atoms. The van der Waals surface area contributed by atoms with Gasteiger partial charge in [0, 0.05) is 19.5 Å². The van der Waals surface area contributed by atoms with Gasteiger partial charge in [-0.05, 0) is 25.3 Å². The van der Waals surface area contributed by atoms with E-state index in [4.69, 9.17) is 0 Å². The van der Waals surface area contributed by atoms with Gasteiger partial charge in [0.15, 0.2) is 0 Å². The first kappa shape index (κ1) is 16.7. The zero-order valence-electron chi connectivity index (χ0n) is 13.1. The van der Waals surface area contributed by atoms with Crippen LogP contribution in [0.3, 0.4) is 0 Å². The van der Waals surface area contributed by atoms with Crippen molar-refractivity contribution >= 4 is 5.91 Å². The fourth-order valence-electron chi connectivity index (χ4n) is 2.42. The molecule has 0 radical (unpaired) electrons. The molecule has 0 spiro atoms. The molecule has 1 amide bonds. The van der Waals surface area contributed by atoms with E-state index < -0.39 is 0 Å². The van der Waals surface area contributed by atoms with Crippen molar-refractivity contribution in [2.45, 2.75) is 58.8 Å². The van der Waals surface area contributed by atoms with Gasteiger partial charge in [-0.15, -0.1) is 0 Å². The van der Waals surface area contributed by atoms with E-state index in [-0.39, 0.29) is 0 Å². The van der Waals surface area contributed by atoms with Gasteiger partial charge in [-0.2, -0.15) is 0 Å². The Bertz CT molecular complexity index is 361. The fourth-order valence-corrected chi connectivity index (χ4v) is 2.42. The standard InChI is InChI=1S/C18H29NO/c1-3-5-6-7-11-16-19(4-2)18(20)15-14-17-12-9-8-10-13-17/h8-10,12-13H,3-7,11,14-16H2,1-2H3. The maximum Gasteiger partial charge on any atom is 0.222 e. The van der Waals surface area contributed by atoms with Crippen LogP contribution in [0.15, 0.2) is 30.3 Å². The molecular weight excluding hydrogens is 246 g/mol. The molecule has 0 aromatic heterocycles. The van der Waals surface area contributed by atoms with Gasteiger partial charge in [0.2, 0.25) is 5.91 Å². The van der Waals surface area contributed by atoms with Gasteiger partial charge in [-0.25, -0.2) is 0 Å². The summed E-state index contributed by atoms with van der Waals surface area (Å²) in [5.74, 6) is 0.298. The molecule has 20 heavy (non-hydrogen) atoms. The molecule has 0 fully saturated rings. The molecule has 1 aromatic carbocycles. The minimum Gasteiger partial charge on any atom is -0.343 e. The summed E-state index contributed by atoms with van der Waals surface area (Å²) in [7, 11) is 0. The zero-order valence-corrected chi connectivity index (χ0v) is 13.1. The van der Waals surface area contributed by atoms with E-state index in [1.807, 2.05) is 23.1 Å². The number of hydrogen-bond acceptors (Lipinski definition) is 1. The summed E-state index contributed by atoms with van der Waals surface area (Å²) < 4.78 is 0. The molecule has 2 heteroatoms. The van der Waals surface area contributed by atoms with Crippen molar-refractivity contribution < 1.29 is 4.79 Å². The lowest BCUT2D eigenvalue weighted by Crippen LogP contribution is -2.31. The summed E-state index contributed by atoms with van der Waals surface area (Å²) in [4.78, 5) is 14.2. The van der Waals surface area contributed by atoms with Crippen LogP contribution in [0, 0.1) is 0 Å². The lowest BCUT2D eigenvalue weighted by atomic mass is 10.1. The van der Waals surface area contributed by atoms with Crippen molar-refractivity contribution in [1.29, 1.82) is 0 Å². The summed E-state index contributed by atoms with van der Waals surface area (Å²) in [5, 5.41) is 0. The second kappa shape index (κ2) is 10.5. The van der Waals surface area contributed by atoms with Crippen molar-refractivity contribution in [3.05, 3.63) is 35.9 Å². The first-order chi connectivity index (χ1) is 9.77. The lowest BCUT2D eigenvalue weighted by Gasteiger charge is -2.21.